The molecule has 1 saturated carbocycles. The molecule has 38 heavy (non-hydrogen) atoms. The Morgan fingerprint density at radius 1 is 0.947 bits per heavy atom. The zero-order chi connectivity index (χ0) is 26.6. The average Bonchev–Trinajstić information content (AvgIpc) is 3.26. The zero-order valence-corrected chi connectivity index (χ0v) is 23.0. The molecule has 1 spiro atoms. The quantitative estimate of drug-likeness (QED) is 0.615. The van der Waals surface area contributed by atoms with Gasteiger partial charge in [-0.25, -0.2) is 0 Å². The fraction of sp³-hybridized carbons (Fsp3) is 0.548. The van der Waals surface area contributed by atoms with Gasteiger partial charge >= 0.3 is 0 Å². The highest BCUT2D eigenvalue weighted by Crippen LogP contribution is 2.63. The smallest absolute Gasteiger partial charge is 0.226 e. The Kier molecular flexibility index (Phi) is 6.28. The van der Waals surface area contributed by atoms with Crippen LogP contribution in [0.15, 0.2) is 42.5 Å². The Hall–Kier alpha value is -3.22. The first-order valence-corrected chi connectivity index (χ1v) is 14.1. The maximum atomic E-state index is 14.3. The lowest BCUT2D eigenvalue weighted by Crippen LogP contribution is -2.52. The molecule has 0 aromatic heterocycles. The van der Waals surface area contributed by atoms with Gasteiger partial charge in [0, 0.05) is 62.7 Å². The van der Waals surface area contributed by atoms with Gasteiger partial charge in [0.05, 0.1) is 19.8 Å². The second-order valence-corrected chi connectivity index (χ2v) is 11.5. The minimum absolute atomic E-state index is 0.00541. The highest BCUT2D eigenvalue weighted by molar-refractivity contribution is 5.87. The third kappa shape index (κ3) is 3.61. The molecule has 2 aromatic rings. The lowest BCUT2D eigenvalue weighted by molar-refractivity contribution is -0.138. The number of methoxy groups -OCH3 is 2. The molecule has 0 radical (unpaired) electrons. The molecule has 2 saturated heterocycles. The van der Waals surface area contributed by atoms with Crippen LogP contribution >= 0.6 is 0 Å². The van der Waals surface area contributed by atoms with Crippen LogP contribution in [0.2, 0.25) is 0 Å². The predicted octanol–water partition coefficient (Wildman–Crippen LogP) is 3.94. The number of hydrogen-bond donors (Lipinski definition) is 0. The molecule has 3 heterocycles. The zero-order valence-electron chi connectivity index (χ0n) is 23.0. The monoisotopic (exact) mass is 517 g/mol. The van der Waals surface area contributed by atoms with Gasteiger partial charge < -0.3 is 24.2 Å². The van der Waals surface area contributed by atoms with Gasteiger partial charge in [0.1, 0.15) is 11.5 Å². The van der Waals surface area contributed by atoms with Crippen LogP contribution in [0.1, 0.15) is 37.8 Å². The van der Waals surface area contributed by atoms with Crippen LogP contribution in [0.25, 0.3) is 0 Å². The fourth-order valence-electron chi connectivity index (χ4n) is 8.15. The number of hydrogen-bond acceptors (Lipinski definition) is 5. The van der Waals surface area contributed by atoms with Crippen molar-refractivity contribution in [2.75, 3.05) is 51.8 Å². The van der Waals surface area contributed by atoms with E-state index in [0.29, 0.717) is 19.5 Å². The molecule has 2 unspecified atom stereocenters. The van der Waals surface area contributed by atoms with Crippen molar-refractivity contribution < 1.29 is 19.1 Å². The molecule has 0 N–H and O–H groups in total. The topological polar surface area (TPSA) is 62.3 Å². The molecule has 7 nitrogen and oxygen atoms in total. The standard InChI is InChI=1S/C31H39N3O4/c1-20-21(2)31-26-11-10-25(38-4)17-22(26)7-6-12-34(31)28(35)19-27(31)29(20)30(36)33-15-13-32(14-16-33)23-8-5-9-24(18-23)37-3/h5,8-11,17-18,20-21,27,29H,6-7,12-16,19H2,1-4H3/t20-,21-,27?,29+,31?/m0/s1. The summed E-state index contributed by atoms with van der Waals surface area (Å²) in [6.07, 6.45) is 2.32. The van der Waals surface area contributed by atoms with Crippen LogP contribution < -0.4 is 14.4 Å². The summed E-state index contributed by atoms with van der Waals surface area (Å²) in [4.78, 5) is 34.3. The van der Waals surface area contributed by atoms with Crippen molar-refractivity contribution in [3.63, 3.8) is 0 Å². The Balaban J connectivity index is 1.29. The van der Waals surface area contributed by atoms with Crippen LogP contribution in [0.3, 0.4) is 0 Å². The Morgan fingerprint density at radius 3 is 2.42 bits per heavy atom. The Morgan fingerprint density at radius 2 is 1.68 bits per heavy atom. The molecule has 202 valence electrons. The number of aryl methyl sites for hydroxylation is 1. The van der Waals surface area contributed by atoms with E-state index in [4.69, 9.17) is 9.47 Å². The number of anilines is 1. The third-order valence-corrected chi connectivity index (χ3v) is 10.1. The maximum Gasteiger partial charge on any atom is 0.226 e. The fourth-order valence-corrected chi connectivity index (χ4v) is 8.15. The summed E-state index contributed by atoms with van der Waals surface area (Å²) in [7, 11) is 3.39. The highest BCUT2D eigenvalue weighted by atomic mass is 16.5. The minimum Gasteiger partial charge on any atom is -0.497 e. The van der Waals surface area contributed by atoms with Crippen LogP contribution in [-0.4, -0.2) is 68.6 Å². The summed E-state index contributed by atoms with van der Waals surface area (Å²) in [5, 5.41) is 0. The van der Waals surface area contributed by atoms with E-state index < -0.39 is 5.54 Å². The van der Waals surface area contributed by atoms with Crippen molar-refractivity contribution in [2.45, 2.75) is 38.6 Å². The van der Waals surface area contributed by atoms with Crippen LogP contribution in [0.4, 0.5) is 5.69 Å². The summed E-state index contributed by atoms with van der Waals surface area (Å²) >= 11 is 0. The molecule has 6 rings (SSSR count). The van der Waals surface area contributed by atoms with E-state index >= 15 is 0 Å². The number of piperazine rings is 1. The SMILES string of the molecule is COc1cccc(N2CCN(C(=O)[C@H]3C4CC(=O)N5CCCc6cc(OC)ccc6C45[C@@H](C)[C@@H]3C)CC2)c1. The number of benzene rings is 2. The number of fused-ring (bicyclic) bond motifs is 1. The molecule has 2 aromatic carbocycles. The average molecular weight is 518 g/mol. The molecule has 5 atom stereocenters. The van der Waals surface area contributed by atoms with Crippen molar-refractivity contribution >= 4 is 17.5 Å². The Bertz CT molecular complexity index is 1240. The maximum absolute atomic E-state index is 14.3. The molecule has 3 fully saturated rings. The van der Waals surface area contributed by atoms with E-state index in [1.807, 2.05) is 18.2 Å². The second kappa shape index (κ2) is 9.51. The number of nitrogens with zero attached hydrogens (tertiary/aromatic N) is 3. The summed E-state index contributed by atoms with van der Waals surface area (Å²) < 4.78 is 11.0. The van der Waals surface area contributed by atoms with Gasteiger partial charge in [0.25, 0.3) is 0 Å². The molecule has 3 aliphatic heterocycles. The lowest BCUT2D eigenvalue weighted by Gasteiger charge is -2.43. The van der Waals surface area contributed by atoms with E-state index in [0.717, 1.165) is 49.7 Å². The third-order valence-electron chi connectivity index (χ3n) is 10.1. The highest BCUT2D eigenvalue weighted by Gasteiger charge is 2.68. The van der Waals surface area contributed by atoms with Gasteiger partial charge in [-0.2, -0.15) is 0 Å². The van der Waals surface area contributed by atoms with E-state index in [1.165, 1.54) is 11.1 Å². The summed E-state index contributed by atoms with van der Waals surface area (Å²) in [5.74, 6) is 2.35. The first-order chi connectivity index (χ1) is 18.4. The van der Waals surface area contributed by atoms with Gasteiger partial charge in [-0.05, 0) is 60.1 Å². The molecule has 2 amide bonds. The molecule has 4 aliphatic rings. The van der Waals surface area contributed by atoms with Crippen LogP contribution in [0.5, 0.6) is 11.5 Å². The molecular formula is C31H39N3O4. The summed E-state index contributed by atoms with van der Waals surface area (Å²) in [5.41, 5.74) is 3.22. The first kappa shape index (κ1) is 25.1. The van der Waals surface area contributed by atoms with Crippen LogP contribution in [-0.2, 0) is 21.5 Å². The number of carbonyl (C=O) groups excluding carboxylic acids is 2. The van der Waals surface area contributed by atoms with Gasteiger partial charge in [0.15, 0.2) is 0 Å². The molecule has 1 aliphatic carbocycles. The van der Waals surface area contributed by atoms with Gasteiger partial charge in [-0.1, -0.05) is 26.0 Å². The summed E-state index contributed by atoms with van der Waals surface area (Å²) in [6, 6.07) is 14.5. The van der Waals surface area contributed by atoms with Gasteiger partial charge in [-0.15, -0.1) is 0 Å². The second-order valence-electron chi connectivity index (χ2n) is 11.5. The predicted molar refractivity (Wildman–Crippen MR) is 146 cm³/mol. The van der Waals surface area contributed by atoms with Crippen molar-refractivity contribution in [2.24, 2.45) is 23.7 Å². The largest absolute Gasteiger partial charge is 0.497 e. The van der Waals surface area contributed by atoms with Crippen molar-refractivity contribution in [1.82, 2.24) is 9.80 Å². The van der Waals surface area contributed by atoms with E-state index in [1.54, 1.807) is 14.2 Å². The minimum atomic E-state index is -0.419. The molecule has 0 bridgehead atoms. The normalized spacial score (nSPS) is 30.4. The first-order valence-electron chi connectivity index (χ1n) is 14.1. The van der Waals surface area contributed by atoms with Crippen molar-refractivity contribution in [3.8, 4) is 11.5 Å². The van der Waals surface area contributed by atoms with Crippen LogP contribution in [0, 0.1) is 23.7 Å². The van der Waals surface area contributed by atoms with E-state index in [2.05, 4.69) is 52.8 Å². The number of carbonyl (C=O) groups is 2. The van der Waals surface area contributed by atoms with Gasteiger partial charge in [-0.3, -0.25) is 9.59 Å². The lowest BCUT2D eigenvalue weighted by atomic mass is 9.73. The van der Waals surface area contributed by atoms with E-state index in [9.17, 15) is 9.59 Å². The Labute approximate surface area is 225 Å². The van der Waals surface area contributed by atoms with E-state index in [-0.39, 0.29) is 35.5 Å². The van der Waals surface area contributed by atoms with Gasteiger partial charge in [0.2, 0.25) is 11.8 Å². The molecular weight excluding hydrogens is 478 g/mol. The number of rotatable bonds is 4. The summed E-state index contributed by atoms with van der Waals surface area (Å²) in [6.45, 7) is 8.24. The number of ether oxygens (including phenoxy) is 2. The molecule has 7 heteroatoms. The number of amides is 2. The van der Waals surface area contributed by atoms with Crippen molar-refractivity contribution in [1.29, 1.82) is 0 Å². The van der Waals surface area contributed by atoms with Crippen molar-refractivity contribution in [3.05, 3.63) is 53.6 Å².